The van der Waals surface area contributed by atoms with Crippen LogP contribution in [0.4, 0.5) is 5.69 Å². The lowest BCUT2D eigenvalue weighted by Crippen LogP contribution is -2.13. The molecule has 0 saturated heterocycles. The number of carbonyl (C=O) groups is 1. The number of ether oxygens (including phenoxy) is 1. The fraction of sp³-hybridized carbons (Fsp3) is 0.0400. The van der Waals surface area contributed by atoms with Gasteiger partial charge in [-0.2, -0.15) is 5.26 Å². The van der Waals surface area contributed by atoms with E-state index in [0.29, 0.717) is 40.4 Å². The molecule has 0 atom stereocenters. The van der Waals surface area contributed by atoms with Gasteiger partial charge in [-0.15, -0.1) is 0 Å². The van der Waals surface area contributed by atoms with Gasteiger partial charge < -0.3 is 15.0 Å². The molecule has 0 unspecified atom stereocenters. The van der Waals surface area contributed by atoms with Crippen LogP contribution in [0, 0.1) is 11.3 Å². The van der Waals surface area contributed by atoms with Crippen LogP contribution in [0.5, 0.6) is 5.75 Å². The molecule has 34 heavy (non-hydrogen) atoms. The van der Waals surface area contributed by atoms with Crippen LogP contribution in [0.2, 0.25) is 0 Å². The fourth-order valence-electron chi connectivity index (χ4n) is 3.56. The molecule has 5 rings (SSSR count). The van der Waals surface area contributed by atoms with E-state index in [1.807, 2.05) is 54.6 Å². The standard InChI is InChI=1S/C25H17N5O4/c26-13-16-9-10-19(18(11-16)23-29-25(32)34-30-23)28-24(31)20-12-17-7-4-8-21(22(17)27-20)33-14-15-5-2-1-3-6-15/h1-12,27H,14H2,(H,28,31)(H,29,30,32). The molecule has 0 bridgehead atoms. The Morgan fingerprint density at radius 2 is 1.91 bits per heavy atom. The minimum absolute atomic E-state index is 0.102. The van der Waals surface area contributed by atoms with Gasteiger partial charge in [-0.05, 0) is 35.9 Å². The Balaban J connectivity index is 1.42. The third-order valence-corrected chi connectivity index (χ3v) is 5.19. The van der Waals surface area contributed by atoms with Crippen LogP contribution in [0.1, 0.15) is 21.6 Å². The number of nitrogens with zero attached hydrogens (tertiary/aromatic N) is 2. The summed E-state index contributed by atoms with van der Waals surface area (Å²) >= 11 is 0. The number of benzene rings is 3. The van der Waals surface area contributed by atoms with Crippen molar-refractivity contribution in [2.45, 2.75) is 6.61 Å². The number of rotatable bonds is 6. The van der Waals surface area contributed by atoms with Crippen molar-refractivity contribution in [3.63, 3.8) is 0 Å². The summed E-state index contributed by atoms with van der Waals surface area (Å²) in [5.41, 5.74) is 3.08. The quantitative estimate of drug-likeness (QED) is 0.354. The Morgan fingerprint density at radius 3 is 2.68 bits per heavy atom. The van der Waals surface area contributed by atoms with Crippen LogP contribution in [-0.2, 0) is 6.61 Å². The van der Waals surface area contributed by atoms with Crippen LogP contribution >= 0.6 is 0 Å². The van der Waals surface area contributed by atoms with Crippen molar-refractivity contribution in [1.29, 1.82) is 5.26 Å². The molecule has 1 amide bonds. The third kappa shape index (κ3) is 4.16. The minimum atomic E-state index is -0.742. The molecule has 3 N–H and O–H groups in total. The first-order chi connectivity index (χ1) is 16.6. The number of para-hydroxylation sites is 1. The highest BCUT2D eigenvalue weighted by Crippen LogP contribution is 2.29. The molecule has 0 radical (unpaired) electrons. The Labute approximate surface area is 192 Å². The van der Waals surface area contributed by atoms with Crippen molar-refractivity contribution in [2.24, 2.45) is 0 Å². The van der Waals surface area contributed by atoms with Crippen molar-refractivity contribution in [3.05, 3.63) is 100 Å². The van der Waals surface area contributed by atoms with E-state index in [1.165, 1.54) is 6.07 Å². The van der Waals surface area contributed by atoms with E-state index in [2.05, 4.69) is 25.0 Å². The molecule has 0 fully saturated rings. The molecule has 0 aliphatic rings. The van der Waals surface area contributed by atoms with Gasteiger partial charge in [-0.3, -0.25) is 14.3 Å². The van der Waals surface area contributed by atoms with Crippen molar-refractivity contribution >= 4 is 22.5 Å². The number of fused-ring (bicyclic) bond motifs is 1. The first kappa shape index (κ1) is 20.8. The normalized spacial score (nSPS) is 10.7. The number of H-pyrrole nitrogens is 2. The van der Waals surface area contributed by atoms with Crippen molar-refractivity contribution in [2.75, 3.05) is 5.32 Å². The molecule has 9 nitrogen and oxygen atoms in total. The second kappa shape index (κ2) is 8.80. The minimum Gasteiger partial charge on any atom is -0.487 e. The molecule has 0 spiro atoms. The van der Waals surface area contributed by atoms with Crippen LogP contribution in [0.3, 0.4) is 0 Å². The van der Waals surface area contributed by atoms with Gasteiger partial charge in [-0.1, -0.05) is 47.6 Å². The van der Waals surface area contributed by atoms with E-state index >= 15 is 0 Å². The SMILES string of the molecule is N#Cc1ccc(NC(=O)c2cc3cccc(OCc4ccccc4)c3[nH]2)c(-c2noc(=O)[nH]2)c1. The maximum Gasteiger partial charge on any atom is 0.439 e. The summed E-state index contributed by atoms with van der Waals surface area (Å²) in [5.74, 6) is -0.430. The number of carbonyl (C=O) groups excluding carboxylic acids is 1. The van der Waals surface area contributed by atoms with E-state index in [0.717, 1.165) is 10.9 Å². The number of aromatic nitrogens is 3. The lowest BCUT2D eigenvalue weighted by atomic mass is 10.1. The zero-order valence-electron chi connectivity index (χ0n) is 17.7. The topological polar surface area (TPSA) is 137 Å². The number of hydrogen-bond donors (Lipinski definition) is 3. The predicted molar refractivity (Wildman–Crippen MR) is 124 cm³/mol. The van der Waals surface area contributed by atoms with Crippen LogP contribution in [0.15, 0.2) is 82.1 Å². The Morgan fingerprint density at radius 1 is 1.06 bits per heavy atom. The smallest absolute Gasteiger partial charge is 0.439 e. The monoisotopic (exact) mass is 451 g/mol. The van der Waals surface area contributed by atoms with Crippen molar-refractivity contribution in [1.82, 2.24) is 15.1 Å². The fourth-order valence-corrected chi connectivity index (χ4v) is 3.56. The molecule has 0 saturated carbocycles. The van der Waals surface area contributed by atoms with Crippen molar-refractivity contribution in [3.8, 4) is 23.2 Å². The summed E-state index contributed by atoms with van der Waals surface area (Å²) in [4.78, 5) is 30.0. The lowest BCUT2D eigenvalue weighted by molar-refractivity contribution is 0.102. The van der Waals surface area contributed by atoms with Gasteiger partial charge in [0.2, 0.25) is 0 Å². The average molecular weight is 451 g/mol. The lowest BCUT2D eigenvalue weighted by Gasteiger charge is -2.09. The van der Waals surface area contributed by atoms with Gasteiger partial charge in [0.05, 0.1) is 22.8 Å². The highest BCUT2D eigenvalue weighted by Gasteiger charge is 2.17. The van der Waals surface area contributed by atoms with Crippen LogP contribution in [-0.4, -0.2) is 21.0 Å². The largest absolute Gasteiger partial charge is 0.487 e. The molecular formula is C25H17N5O4. The van der Waals surface area contributed by atoms with Gasteiger partial charge in [0, 0.05) is 10.9 Å². The Hall–Kier alpha value is -5.10. The van der Waals surface area contributed by atoms with E-state index in [9.17, 15) is 14.9 Å². The maximum absolute atomic E-state index is 13.1. The van der Waals surface area contributed by atoms with E-state index in [4.69, 9.17) is 4.74 Å². The molecule has 2 heterocycles. The highest BCUT2D eigenvalue weighted by molar-refractivity contribution is 6.08. The maximum atomic E-state index is 13.1. The first-order valence-corrected chi connectivity index (χ1v) is 10.3. The molecule has 2 aromatic heterocycles. The molecular weight excluding hydrogens is 434 g/mol. The summed E-state index contributed by atoms with van der Waals surface area (Å²) in [6, 6.07) is 23.7. The van der Waals surface area contributed by atoms with Gasteiger partial charge in [0.15, 0.2) is 5.82 Å². The van der Waals surface area contributed by atoms with Crippen molar-refractivity contribution < 1.29 is 14.1 Å². The number of nitriles is 1. The summed E-state index contributed by atoms with van der Waals surface area (Å²) in [6.07, 6.45) is 0. The molecule has 0 aliphatic carbocycles. The Kier molecular flexibility index (Phi) is 5.38. The number of hydrogen-bond acceptors (Lipinski definition) is 6. The molecule has 0 aliphatic heterocycles. The molecule has 3 aromatic carbocycles. The van der Waals surface area contributed by atoms with Gasteiger partial charge in [0.1, 0.15) is 18.1 Å². The van der Waals surface area contributed by atoms with E-state index < -0.39 is 11.7 Å². The van der Waals surface area contributed by atoms with E-state index in [-0.39, 0.29) is 5.82 Å². The van der Waals surface area contributed by atoms with Crippen LogP contribution in [0.25, 0.3) is 22.3 Å². The summed E-state index contributed by atoms with van der Waals surface area (Å²) < 4.78 is 10.5. The molecule has 9 heteroatoms. The summed E-state index contributed by atoms with van der Waals surface area (Å²) in [7, 11) is 0. The summed E-state index contributed by atoms with van der Waals surface area (Å²) in [6.45, 7) is 0.394. The number of nitrogens with one attached hydrogen (secondary N) is 3. The second-order valence-corrected chi connectivity index (χ2v) is 7.45. The van der Waals surface area contributed by atoms with Gasteiger partial charge >= 0.3 is 5.76 Å². The second-order valence-electron chi connectivity index (χ2n) is 7.45. The average Bonchev–Trinajstić information content (AvgIpc) is 3.50. The number of aromatic amines is 2. The zero-order chi connectivity index (χ0) is 23.5. The summed E-state index contributed by atoms with van der Waals surface area (Å²) in [5, 5.41) is 16.5. The predicted octanol–water partition coefficient (Wildman–Crippen LogP) is 4.21. The van der Waals surface area contributed by atoms with Gasteiger partial charge in [0.25, 0.3) is 5.91 Å². The van der Waals surface area contributed by atoms with E-state index in [1.54, 1.807) is 18.2 Å². The molecule has 5 aromatic rings. The number of anilines is 1. The third-order valence-electron chi connectivity index (χ3n) is 5.19. The highest BCUT2D eigenvalue weighted by atomic mass is 16.5. The zero-order valence-corrected chi connectivity index (χ0v) is 17.7. The molecule has 166 valence electrons. The first-order valence-electron chi connectivity index (χ1n) is 10.3. The Bertz CT molecular complexity index is 1590. The number of amides is 1. The van der Waals surface area contributed by atoms with Crippen LogP contribution < -0.4 is 15.8 Å². The van der Waals surface area contributed by atoms with Gasteiger partial charge in [-0.25, -0.2) is 4.79 Å².